The third-order valence-electron chi connectivity index (χ3n) is 3.30. The van der Waals surface area contributed by atoms with Gasteiger partial charge in [-0.3, -0.25) is 4.98 Å². The normalized spacial score (nSPS) is 11.6. The summed E-state index contributed by atoms with van der Waals surface area (Å²) in [4.78, 5) is 4.51. The Bertz CT molecular complexity index is 743. The molecule has 0 aliphatic carbocycles. The van der Waals surface area contributed by atoms with Gasteiger partial charge in [-0.05, 0) is 42.3 Å². The highest BCUT2D eigenvalue weighted by molar-refractivity contribution is 7.91. The molecule has 1 aromatic heterocycles. The monoisotopic (exact) mass is 338 g/mol. The number of hydrogen-bond donors (Lipinski definition) is 1. The Kier molecular flexibility index (Phi) is 5.56. The molecular formula is C16H19ClN2O2S. The van der Waals surface area contributed by atoms with Crippen molar-refractivity contribution in [1.29, 1.82) is 0 Å². The van der Waals surface area contributed by atoms with E-state index in [4.69, 9.17) is 11.6 Å². The van der Waals surface area contributed by atoms with Crippen LogP contribution in [0.3, 0.4) is 0 Å². The van der Waals surface area contributed by atoms with E-state index in [-0.39, 0.29) is 10.6 Å². The van der Waals surface area contributed by atoms with Crippen LogP contribution in [0.1, 0.15) is 23.7 Å². The Labute approximate surface area is 136 Å². The molecule has 0 saturated carbocycles. The van der Waals surface area contributed by atoms with Crippen molar-refractivity contribution in [3.05, 3.63) is 58.4 Å². The topological polar surface area (TPSA) is 59.1 Å². The molecule has 4 nitrogen and oxygen atoms in total. The van der Waals surface area contributed by atoms with E-state index in [1.165, 1.54) is 6.07 Å². The van der Waals surface area contributed by atoms with E-state index in [1.54, 1.807) is 19.1 Å². The minimum absolute atomic E-state index is 0.0647. The summed E-state index contributed by atoms with van der Waals surface area (Å²) < 4.78 is 23.9. The molecule has 0 amide bonds. The van der Waals surface area contributed by atoms with Crippen LogP contribution >= 0.6 is 11.6 Å². The number of benzene rings is 1. The van der Waals surface area contributed by atoms with Crippen LogP contribution in [0.25, 0.3) is 0 Å². The molecule has 0 radical (unpaired) electrons. The molecule has 0 unspecified atom stereocenters. The Morgan fingerprint density at radius 2 is 1.86 bits per heavy atom. The fourth-order valence-corrected chi connectivity index (χ4v) is 3.32. The molecule has 0 spiro atoms. The van der Waals surface area contributed by atoms with Crippen LogP contribution in [0.4, 0.5) is 0 Å². The molecule has 2 aromatic rings. The largest absolute Gasteiger partial charge is 0.309 e. The SMILES string of the molecule is CCS(=O)(=O)c1cc(Cl)cc(CNCc2ccc(C)nc2)c1. The van der Waals surface area contributed by atoms with Crippen LogP contribution in [0, 0.1) is 6.92 Å². The van der Waals surface area contributed by atoms with Crippen LogP contribution in [0.2, 0.25) is 5.02 Å². The lowest BCUT2D eigenvalue weighted by Gasteiger charge is -2.08. The first-order valence-corrected chi connectivity index (χ1v) is 9.08. The van der Waals surface area contributed by atoms with Gasteiger partial charge in [0.05, 0.1) is 10.6 Å². The maximum Gasteiger partial charge on any atom is 0.178 e. The Balaban J connectivity index is 2.05. The number of nitrogens with one attached hydrogen (secondary N) is 1. The van der Waals surface area contributed by atoms with Gasteiger partial charge in [-0.1, -0.05) is 24.6 Å². The molecule has 1 heterocycles. The molecule has 0 aliphatic rings. The quantitative estimate of drug-likeness (QED) is 0.879. The highest BCUT2D eigenvalue weighted by Crippen LogP contribution is 2.20. The maximum absolute atomic E-state index is 11.9. The summed E-state index contributed by atoms with van der Waals surface area (Å²) in [6, 6.07) is 8.91. The number of hydrogen-bond acceptors (Lipinski definition) is 4. The maximum atomic E-state index is 11.9. The van der Waals surface area contributed by atoms with Gasteiger partial charge in [-0.2, -0.15) is 0 Å². The fraction of sp³-hybridized carbons (Fsp3) is 0.312. The van der Waals surface area contributed by atoms with E-state index >= 15 is 0 Å². The van der Waals surface area contributed by atoms with Gasteiger partial charge in [0, 0.05) is 30.0 Å². The third kappa shape index (κ3) is 4.53. The zero-order chi connectivity index (χ0) is 16.2. The van der Waals surface area contributed by atoms with Crippen molar-refractivity contribution in [2.24, 2.45) is 0 Å². The van der Waals surface area contributed by atoms with Crippen molar-refractivity contribution in [2.75, 3.05) is 5.75 Å². The molecule has 0 fully saturated rings. The van der Waals surface area contributed by atoms with Gasteiger partial charge >= 0.3 is 0 Å². The average Bonchev–Trinajstić information content (AvgIpc) is 2.49. The predicted molar refractivity (Wildman–Crippen MR) is 88.7 cm³/mol. The summed E-state index contributed by atoms with van der Waals surface area (Å²) in [5.74, 6) is 0.0647. The van der Waals surface area contributed by atoms with Gasteiger partial charge < -0.3 is 5.32 Å². The van der Waals surface area contributed by atoms with Crippen LogP contribution in [-0.4, -0.2) is 19.2 Å². The van der Waals surface area contributed by atoms with Crippen LogP contribution in [-0.2, 0) is 22.9 Å². The molecule has 0 atom stereocenters. The lowest BCUT2D eigenvalue weighted by molar-refractivity contribution is 0.597. The highest BCUT2D eigenvalue weighted by atomic mass is 35.5. The van der Waals surface area contributed by atoms with E-state index in [9.17, 15) is 8.42 Å². The summed E-state index contributed by atoms with van der Waals surface area (Å²) in [6.45, 7) is 4.77. The van der Waals surface area contributed by atoms with Gasteiger partial charge in [0.1, 0.15) is 0 Å². The summed E-state index contributed by atoms with van der Waals surface area (Å²) in [7, 11) is -3.25. The smallest absolute Gasteiger partial charge is 0.178 e. The zero-order valence-electron chi connectivity index (χ0n) is 12.6. The van der Waals surface area contributed by atoms with E-state index in [1.807, 2.05) is 25.3 Å². The molecule has 1 aromatic carbocycles. The third-order valence-corrected chi connectivity index (χ3v) is 5.23. The first kappa shape index (κ1) is 16.9. The van der Waals surface area contributed by atoms with Crippen LogP contribution in [0.5, 0.6) is 0 Å². The molecule has 0 aliphatic heterocycles. The Morgan fingerprint density at radius 1 is 1.14 bits per heavy atom. The molecule has 2 rings (SSSR count). The van der Waals surface area contributed by atoms with Gasteiger partial charge in [0.25, 0.3) is 0 Å². The Morgan fingerprint density at radius 3 is 2.50 bits per heavy atom. The summed E-state index contributed by atoms with van der Waals surface area (Å²) >= 11 is 6.02. The van der Waals surface area contributed by atoms with Gasteiger partial charge in [0.2, 0.25) is 0 Å². The summed E-state index contributed by atoms with van der Waals surface area (Å²) in [5.41, 5.74) is 2.90. The van der Waals surface area contributed by atoms with Crippen LogP contribution < -0.4 is 5.32 Å². The minimum Gasteiger partial charge on any atom is -0.309 e. The van der Waals surface area contributed by atoms with Crippen molar-refractivity contribution in [2.45, 2.75) is 31.8 Å². The second kappa shape index (κ2) is 7.22. The van der Waals surface area contributed by atoms with Crippen molar-refractivity contribution in [3.63, 3.8) is 0 Å². The molecule has 22 heavy (non-hydrogen) atoms. The van der Waals surface area contributed by atoms with Crippen molar-refractivity contribution in [1.82, 2.24) is 10.3 Å². The van der Waals surface area contributed by atoms with E-state index < -0.39 is 9.84 Å². The molecule has 0 bridgehead atoms. The number of rotatable bonds is 6. The van der Waals surface area contributed by atoms with Gasteiger partial charge in [-0.25, -0.2) is 8.42 Å². The van der Waals surface area contributed by atoms with E-state index in [0.29, 0.717) is 18.1 Å². The fourth-order valence-electron chi connectivity index (χ4n) is 2.02. The minimum atomic E-state index is -3.25. The molecule has 6 heteroatoms. The van der Waals surface area contributed by atoms with Crippen LogP contribution in [0.15, 0.2) is 41.4 Å². The van der Waals surface area contributed by atoms with E-state index in [0.717, 1.165) is 16.8 Å². The number of pyridine rings is 1. The van der Waals surface area contributed by atoms with Crippen molar-refractivity contribution in [3.8, 4) is 0 Å². The summed E-state index contributed by atoms with van der Waals surface area (Å²) in [6.07, 6.45) is 1.83. The van der Waals surface area contributed by atoms with Crippen molar-refractivity contribution >= 4 is 21.4 Å². The number of aromatic nitrogens is 1. The Hall–Kier alpha value is -1.43. The van der Waals surface area contributed by atoms with Crippen molar-refractivity contribution < 1.29 is 8.42 Å². The van der Waals surface area contributed by atoms with E-state index in [2.05, 4.69) is 10.3 Å². The lowest BCUT2D eigenvalue weighted by atomic mass is 10.2. The molecule has 1 N–H and O–H groups in total. The van der Waals surface area contributed by atoms with Gasteiger partial charge in [-0.15, -0.1) is 0 Å². The first-order valence-electron chi connectivity index (χ1n) is 7.05. The predicted octanol–water partition coefficient (Wildman–Crippen LogP) is 3.13. The molecular weight excluding hydrogens is 320 g/mol. The average molecular weight is 339 g/mol. The number of halogens is 1. The lowest BCUT2D eigenvalue weighted by Crippen LogP contribution is -2.13. The highest BCUT2D eigenvalue weighted by Gasteiger charge is 2.13. The molecule has 0 saturated heterocycles. The number of sulfone groups is 1. The number of aryl methyl sites for hydroxylation is 1. The second-order valence-electron chi connectivity index (χ2n) is 5.11. The van der Waals surface area contributed by atoms with Gasteiger partial charge in [0.15, 0.2) is 9.84 Å². The molecule has 118 valence electrons. The summed E-state index contributed by atoms with van der Waals surface area (Å²) in [5, 5.41) is 3.70. The standard InChI is InChI=1S/C16H19ClN2O2S/c1-3-22(20,21)16-7-14(6-15(17)8-16)10-18-9-13-5-4-12(2)19-11-13/h4-8,11,18H,3,9-10H2,1-2H3. The second-order valence-corrected chi connectivity index (χ2v) is 7.82. The number of nitrogens with zero attached hydrogens (tertiary/aromatic N) is 1. The zero-order valence-corrected chi connectivity index (χ0v) is 14.2. The first-order chi connectivity index (χ1) is 10.4.